The summed E-state index contributed by atoms with van der Waals surface area (Å²) in [6.07, 6.45) is -6.39. The molecule has 0 heterocycles. The number of rotatable bonds is 3. The summed E-state index contributed by atoms with van der Waals surface area (Å²) in [4.78, 5) is -0.579. The van der Waals surface area contributed by atoms with Crippen molar-refractivity contribution in [2.75, 3.05) is 5.73 Å². The van der Waals surface area contributed by atoms with E-state index >= 15 is 0 Å². The van der Waals surface area contributed by atoms with Gasteiger partial charge in [0.1, 0.15) is 0 Å². The third-order valence-electron chi connectivity index (χ3n) is 2.12. The van der Waals surface area contributed by atoms with Gasteiger partial charge in [-0.15, -0.1) is 0 Å². The van der Waals surface area contributed by atoms with E-state index in [9.17, 15) is 30.7 Å². The van der Waals surface area contributed by atoms with Crippen LogP contribution >= 0.6 is 59.6 Å². The number of nitrogen functional groups attached to an aromatic ring is 1. The van der Waals surface area contributed by atoms with E-state index in [4.69, 9.17) is 5.73 Å². The number of thioether (sulfide) groups is 1. The Morgan fingerprint density at radius 1 is 0.905 bits per heavy atom. The summed E-state index contributed by atoms with van der Waals surface area (Å²) in [6.45, 7) is 0. The zero-order valence-corrected chi connectivity index (χ0v) is 14.9. The quantitative estimate of drug-likeness (QED) is 0.277. The molecule has 0 amide bonds. The molecule has 0 fully saturated rings. The lowest BCUT2D eigenvalue weighted by molar-refractivity contribution is -0.330. The normalized spacial score (nSPS) is 13.6. The number of anilines is 1. The van der Waals surface area contributed by atoms with Gasteiger partial charge >= 0.3 is 17.4 Å². The van der Waals surface area contributed by atoms with E-state index in [1.165, 1.54) is 0 Å². The van der Waals surface area contributed by atoms with E-state index in [1.54, 1.807) is 0 Å². The molecule has 120 valence electrons. The van der Waals surface area contributed by atoms with Crippen LogP contribution in [0.4, 0.5) is 36.4 Å². The number of benzene rings is 1. The molecule has 1 rings (SSSR count). The average molecular weight is 530 g/mol. The molecule has 12 heteroatoms. The van der Waals surface area contributed by atoms with Crippen molar-refractivity contribution >= 4 is 65.2 Å². The maximum atomic E-state index is 13.4. The van der Waals surface area contributed by atoms with Crippen molar-refractivity contribution in [2.45, 2.75) is 22.2 Å². The lowest BCUT2D eigenvalue weighted by Crippen LogP contribution is -2.50. The van der Waals surface area contributed by atoms with Crippen molar-refractivity contribution in [3.8, 4) is 0 Å². The second kappa shape index (κ2) is 6.08. The molecule has 0 saturated carbocycles. The van der Waals surface area contributed by atoms with Crippen LogP contribution in [0.25, 0.3) is 0 Å². The van der Waals surface area contributed by atoms with E-state index in [-0.39, 0.29) is 19.1 Å². The molecule has 0 aliphatic heterocycles. The Balaban J connectivity index is 3.32. The first kappa shape index (κ1) is 19.4. The first-order chi connectivity index (χ1) is 9.22. The van der Waals surface area contributed by atoms with Crippen molar-refractivity contribution in [1.82, 2.24) is 0 Å². The molecule has 0 aliphatic carbocycles. The van der Waals surface area contributed by atoms with Crippen LogP contribution in [0.3, 0.4) is 0 Å². The van der Waals surface area contributed by atoms with E-state index < -0.39 is 34.0 Å². The maximum Gasteiger partial charge on any atom is 0.460 e. The van der Waals surface area contributed by atoms with Gasteiger partial charge in [0, 0.05) is 13.8 Å². The van der Waals surface area contributed by atoms with Gasteiger partial charge in [-0.3, -0.25) is 0 Å². The number of hydrogen-bond donors (Lipinski definition) is 1. The summed E-state index contributed by atoms with van der Waals surface area (Å²) in [7, 11) is 0. The first-order valence-electron chi connectivity index (χ1n) is 4.66. The molecule has 0 aliphatic rings. The lowest BCUT2D eigenvalue weighted by atomic mass is 10.3. The molecule has 0 radical (unpaired) electrons. The van der Waals surface area contributed by atoms with Crippen LogP contribution < -0.4 is 5.73 Å². The van der Waals surface area contributed by atoms with Gasteiger partial charge in [0.05, 0.1) is 10.2 Å². The molecule has 0 aromatic heterocycles. The van der Waals surface area contributed by atoms with Crippen LogP contribution in [0, 0.1) is 0 Å². The van der Waals surface area contributed by atoms with Crippen LogP contribution in [0.2, 0.25) is 0 Å². The molecule has 0 bridgehead atoms. The average Bonchev–Trinajstić information content (AvgIpc) is 2.30. The van der Waals surface area contributed by atoms with Gasteiger partial charge < -0.3 is 5.73 Å². The Labute approximate surface area is 143 Å². The van der Waals surface area contributed by atoms with Gasteiger partial charge in [0.15, 0.2) is 0 Å². The number of halogens is 10. The molecule has 2 N–H and O–H groups in total. The van der Waals surface area contributed by atoms with Crippen molar-refractivity contribution in [2.24, 2.45) is 0 Å². The smallest absolute Gasteiger partial charge is 0.397 e. The third-order valence-corrected chi connectivity index (χ3v) is 5.89. The zero-order valence-electron chi connectivity index (χ0n) is 9.34. The molecule has 0 saturated heterocycles. The fourth-order valence-electron chi connectivity index (χ4n) is 1.04. The minimum Gasteiger partial charge on any atom is -0.397 e. The second-order valence-electron chi connectivity index (χ2n) is 3.59. The van der Waals surface area contributed by atoms with Crippen molar-refractivity contribution < 1.29 is 30.7 Å². The number of nitrogens with two attached hydrogens (primary N) is 1. The molecule has 0 spiro atoms. The highest BCUT2D eigenvalue weighted by Crippen LogP contribution is 2.56. The second-order valence-corrected chi connectivity index (χ2v) is 7.21. The molecule has 0 unspecified atom stereocenters. The summed E-state index contributed by atoms with van der Waals surface area (Å²) in [5.41, 5.74) is 5.36. The van der Waals surface area contributed by atoms with Gasteiger partial charge in [-0.05, 0) is 65.6 Å². The Kier molecular flexibility index (Phi) is 5.61. The topological polar surface area (TPSA) is 26.0 Å². The van der Waals surface area contributed by atoms with Gasteiger partial charge in [-0.1, -0.05) is 0 Å². The highest BCUT2D eigenvalue weighted by molar-refractivity contribution is 9.11. The summed E-state index contributed by atoms with van der Waals surface area (Å²) >= 11 is 7.62. The molecule has 1 nitrogen and oxygen atoms in total. The van der Waals surface area contributed by atoms with E-state index in [0.717, 1.165) is 6.07 Å². The number of hydrogen-bond acceptors (Lipinski definition) is 2. The predicted molar refractivity (Wildman–Crippen MR) is 75.8 cm³/mol. The molecule has 21 heavy (non-hydrogen) atoms. The van der Waals surface area contributed by atoms with Gasteiger partial charge in [0.25, 0.3) is 0 Å². The molecular weight excluding hydrogens is 527 g/mol. The predicted octanol–water partition coefficient (Wildman–Crippen LogP) is 6.44. The summed E-state index contributed by atoms with van der Waals surface area (Å²) < 4.78 is 88.6. The largest absolute Gasteiger partial charge is 0.460 e. The van der Waals surface area contributed by atoms with Gasteiger partial charge in [-0.25, -0.2) is 0 Å². The van der Waals surface area contributed by atoms with Crippen LogP contribution in [-0.2, 0) is 0 Å². The summed E-state index contributed by atoms with van der Waals surface area (Å²) in [5, 5.41) is -5.42. The molecule has 1 aromatic rings. The van der Waals surface area contributed by atoms with Crippen molar-refractivity contribution in [3.05, 3.63) is 19.5 Å². The summed E-state index contributed by atoms with van der Waals surface area (Å²) in [6, 6.07) is 1.16. The van der Waals surface area contributed by atoms with Crippen LogP contribution in [0.1, 0.15) is 0 Å². The van der Waals surface area contributed by atoms with Crippen molar-refractivity contribution in [1.29, 1.82) is 0 Å². The number of alkyl halides is 7. The van der Waals surface area contributed by atoms with E-state index in [0.29, 0.717) is 0 Å². The Bertz CT molecular complexity index is 561. The van der Waals surface area contributed by atoms with Crippen molar-refractivity contribution in [3.63, 3.8) is 0 Å². The standard InChI is InChI=1S/C9H3Br3F7NS/c10-2-1-3(11)6(4(12)5(2)20)21-9(18,19)7(13,14)8(15,16)17/h1H,20H2. The minimum atomic E-state index is -6.39. The summed E-state index contributed by atoms with van der Waals surface area (Å²) in [5.74, 6) is -6.20. The van der Waals surface area contributed by atoms with E-state index in [2.05, 4.69) is 47.8 Å². The Morgan fingerprint density at radius 2 is 1.38 bits per heavy atom. The van der Waals surface area contributed by atoms with Gasteiger partial charge in [0.2, 0.25) is 0 Å². The zero-order chi connectivity index (χ0) is 16.8. The minimum absolute atomic E-state index is 0.119. The highest BCUT2D eigenvalue weighted by Gasteiger charge is 2.73. The monoisotopic (exact) mass is 527 g/mol. The molecular formula is C9H3Br3F7NS. The van der Waals surface area contributed by atoms with Crippen LogP contribution in [-0.4, -0.2) is 17.4 Å². The Hall–Kier alpha value is 0.320. The fraction of sp³-hybridized carbons (Fsp3) is 0.333. The molecule has 0 atom stereocenters. The van der Waals surface area contributed by atoms with Gasteiger partial charge in [-0.2, -0.15) is 30.7 Å². The maximum absolute atomic E-state index is 13.4. The lowest BCUT2D eigenvalue weighted by Gasteiger charge is -2.28. The third kappa shape index (κ3) is 3.63. The van der Waals surface area contributed by atoms with Crippen LogP contribution in [0.5, 0.6) is 0 Å². The highest BCUT2D eigenvalue weighted by atomic mass is 79.9. The van der Waals surface area contributed by atoms with Crippen LogP contribution in [0.15, 0.2) is 24.4 Å². The SMILES string of the molecule is Nc1c(Br)cc(Br)c(SC(F)(F)C(F)(F)C(F)(F)F)c1Br. The first-order valence-corrected chi connectivity index (χ1v) is 7.86. The molecule has 1 aromatic carbocycles. The fourth-order valence-corrected chi connectivity index (χ4v) is 4.50. The Morgan fingerprint density at radius 3 is 1.81 bits per heavy atom. The van der Waals surface area contributed by atoms with E-state index in [1.807, 2.05) is 0 Å².